The lowest BCUT2D eigenvalue weighted by molar-refractivity contribution is -0.138. The number of carbonyl (C=O) groups excluding carboxylic acids is 1. The first-order valence-corrected chi connectivity index (χ1v) is 8.32. The summed E-state index contributed by atoms with van der Waals surface area (Å²) in [7, 11) is 0. The van der Waals surface area contributed by atoms with Crippen LogP contribution in [-0.2, 0) is 6.18 Å². The molecule has 0 aliphatic heterocycles. The SMILES string of the molecule is Cc1ccc(NC(=O)c2nn(-c3ccccc3)c(C)cc2=O)cc1C(F)(F)F. The van der Waals surface area contributed by atoms with Crippen molar-refractivity contribution in [3.05, 3.63) is 87.3 Å². The number of nitrogens with one attached hydrogen (secondary N) is 1. The number of benzene rings is 2. The minimum Gasteiger partial charge on any atom is -0.320 e. The number of alkyl halides is 3. The molecule has 0 aliphatic rings. The second kappa shape index (κ2) is 7.30. The lowest BCUT2D eigenvalue weighted by Gasteiger charge is -2.13. The third kappa shape index (κ3) is 3.95. The van der Waals surface area contributed by atoms with Gasteiger partial charge in [-0.2, -0.15) is 18.3 Å². The number of aryl methyl sites for hydroxylation is 2. The molecule has 1 aromatic heterocycles. The van der Waals surface area contributed by atoms with Crippen molar-refractivity contribution in [2.75, 3.05) is 5.32 Å². The Morgan fingerprint density at radius 1 is 1.04 bits per heavy atom. The Kier molecular flexibility index (Phi) is 5.04. The summed E-state index contributed by atoms with van der Waals surface area (Å²) in [6.07, 6.45) is -4.55. The zero-order valence-electron chi connectivity index (χ0n) is 15.0. The summed E-state index contributed by atoms with van der Waals surface area (Å²) in [6, 6.07) is 13.5. The van der Waals surface area contributed by atoms with E-state index in [9.17, 15) is 22.8 Å². The second-order valence-corrected chi connectivity index (χ2v) is 6.23. The van der Waals surface area contributed by atoms with Crippen LogP contribution in [0.5, 0.6) is 0 Å². The Balaban J connectivity index is 1.97. The van der Waals surface area contributed by atoms with Crippen LogP contribution >= 0.6 is 0 Å². The smallest absolute Gasteiger partial charge is 0.320 e. The second-order valence-electron chi connectivity index (χ2n) is 6.23. The van der Waals surface area contributed by atoms with E-state index >= 15 is 0 Å². The van der Waals surface area contributed by atoms with Crippen LogP contribution in [0.15, 0.2) is 59.4 Å². The number of amides is 1. The molecule has 0 radical (unpaired) electrons. The molecule has 0 aliphatic carbocycles. The van der Waals surface area contributed by atoms with E-state index in [1.54, 1.807) is 31.2 Å². The van der Waals surface area contributed by atoms with E-state index in [0.717, 1.165) is 6.07 Å². The first-order valence-electron chi connectivity index (χ1n) is 8.32. The molecule has 1 N–H and O–H groups in total. The maximum atomic E-state index is 13.1. The van der Waals surface area contributed by atoms with Crippen LogP contribution in [0, 0.1) is 13.8 Å². The van der Waals surface area contributed by atoms with Gasteiger partial charge in [0.15, 0.2) is 5.69 Å². The number of anilines is 1. The largest absolute Gasteiger partial charge is 0.416 e. The highest BCUT2D eigenvalue weighted by molar-refractivity contribution is 6.02. The fourth-order valence-corrected chi connectivity index (χ4v) is 2.73. The van der Waals surface area contributed by atoms with E-state index in [4.69, 9.17) is 0 Å². The predicted octanol–water partition coefficient (Wildman–Crippen LogP) is 4.12. The van der Waals surface area contributed by atoms with E-state index in [1.807, 2.05) is 6.07 Å². The van der Waals surface area contributed by atoms with Gasteiger partial charge < -0.3 is 5.32 Å². The Morgan fingerprint density at radius 3 is 2.36 bits per heavy atom. The van der Waals surface area contributed by atoms with Gasteiger partial charge in [0.2, 0.25) is 5.43 Å². The molecule has 5 nitrogen and oxygen atoms in total. The fourth-order valence-electron chi connectivity index (χ4n) is 2.73. The topological polar surface area (TPSA) is 64.0 Å². The maximum absolute atomic E-state index is 13.1. The molecule has 0 unspecified atom stereocenters. The molecule has 0 spiro atoms. The Bertz CT molecular complexity index is 1090. The molecule has 0 saturated heterocycles. The van der Waals surface area contributed by atoms with Gasteiger partial charge in [0.05, 0.1) is 11.3 Å². The quantitative estimate of drug-likeness (QED) is 0.735. The summed E-state index contributed by atoms with van der Waals surface area (Å²) < 4.78 is 40.6. The molecule has 1 amide bonds. The molecular weight excluding hydrogens is 371 g/mol. The summed E-state index contributed by atoms with van der Waals surface area (Å²) in [4.78, 5) is 24.7. The van der Waals surface area contributed by atoms with Crippen molar-refractivity contribution < 1.29 is 18.0 Å². The van der Waals surface area contributed by atoms with E-state index in [0.29, 0.717) is 11.4 Å². The minimum atomic E-state index is -4.55. The third-order valence-electron chi connectivity index (χ3n) is 4.12. The van der Waals surface area contributed by atoms with E-state index in [1.165, 1.54) is 29.8 Å². The molecule has 0 bridgehead atoms. The van der Waals surface area contributed by atoms with Crippen LogP contribution in [0.4, 0.5) is 18.9 Å². The number of carbonyl (C=O) groups is 1. The number of nitrogens with zero attached hydrogens (tertiary/aromatic N) is 2. The lowest BCUT2D eigenvalue weighted by atomic mass is 10.1. The first kappa shape index (κ1) is 19.3. The van der Waals surface area contributed by atoms with Crippen LogP contribution in [-0.4, -0.2) is 15.7 Å². The molecule has 0 fully saturated rings. The molecule has 144 valence electrons. The molecule has 3 rings (SSSR count). The summed E-state index contributed by atoms with van der Waals surface area (Å²) >= 11 is 0. The highest BCUT2D eigenvalue weighted by Gasteiger charge is 2.32. The first-order chi connectivity index (χ1) is 13.2. The normalized spacial score (nSPS) is 11.3. The van der Waals surface area contributed by atoms with Crippen LogP contribution in [0.25, 0.3) is 5.69 Å². The average molecular weight is 387 g/mol. The molecule has 0 atom stereocenters. The van der Waals surface area contributed by atoms with Gasteiger partial charge in [0.25, 0.3) is 5.91 Å². The van der Waals surface area contributed by atoms with Gasteiger partial charge in [-0.05, 0) is 43.7 Å². The minimum absolute atomic E-state index is 0.0328. The van der Waals surface area contributed by atoms with Crippen molar-refractivity contribution in [2.45, 2.75) is 20.0 Å². The third-order valence-corrected chi connectivity index (χ3v) is 4.12. The van der Waals surface area contributed by atoms with Crippen molar-refractivity contribution in [3.8, 4) is 5.69 Å². The van der Waals surface area contributed by atoms with Crippen molar-refractivity contribution >= 4 is 11.6 Å². The van der Waals surface area contributed by atoms with Crippen LogP contribution in [0.3, 0.4) is 0 Å². The van der Waals surface area contributed by atoms with Crippen LogP contribution in [0.2, 0.25) is 0 Å². The summed E-state index contributed by atoms with van der Waals surface area (Å²) in [6.45, 7) is 2.99. The van der Waals surface area contributed by atoms with E-state index in [2.05, 4.69) is 10.4 Å². The maximum Gasteiger partial charge on any atom is 0.416 e. The van der Waals surface area contributed by atoms with Gasteiger partial charge in [-0.1, -0.05) is 24.3 Å². The summed E-state index contributed by atoms with van der Waals surface area (Å²) in [5.74, 6) is -0.883. The fraction of sp³-hybridized carbons (Fsp3) is 0.150. The van der Waals surface area contributed by atoms with Crippen molar-refractivity contribution in [1.29, 1.82) is 0 Å². The zero-order chi connectivity index (χ0) is 20.5. The number of hydrogen-bond donors (Lipinski definition) is 1. The molecule has 8 heteroatoms. The summed E-state index contributed by atoms with van der Waals surface area (Å²) in [5, 5.41) is 6.42. The van der Waals surface area contributed by atoms with Crippen molar-refractivity contribution in [3.63, 3.8) is 0 Å². The lowest BCUT2D eigenvalue weighted by Crippen LogP contribution is -2.27. The molecule has 28 heavy (non-hydrogen) atoms. The van der Waals surface area contributed by atoms with Gasteiger partial charge in [0, 0.05) is 17.4 Å². The molecule has 2 aromatic carbocycles. The summed E-state index contributed by atoms with van der Waals surface area (Å²) in [5.41, 5.74) is -0.773. The van der Waals surface area contributed by atoms with E-state index < -0.39 is 28.8 Å². The van der Waals surface area contributed by atoms with Gasteiger partial charge >= 0.3 is 6.18 Å². The number of para-hydroxylation sites is 1. The van der Waals surface area contributed by atoms with Crippen molar-refractivity contribution in [2.24, 2.45) is 0 Å². The Hall–Kier alpha value is -3.42. The number of hydrogen-bond acceptors (Lipinski definition) is 3. The zero-order valence-corrected chi connectivity index (χ0v) is 15.0. The Morgan fingerprint density at radius 2 is 1.71 bits per heavy atom. The highest BCUT2D eigenvalue weighted by atomic mass is 19.4. The molecule has 3 aromatic rings. The van der Waals surface area contributed by atoms with Gasteiger partial charge in [-0.15, -0.1) is 0 Å². The van der Waals surface area contributed by atoms with Crippen molar-refractivity contribution in [1.82, 2.24) is 9.78 Å². The molecule has 0 saturated carbocycles. The van der Waals surface area contributed by atoms with Gasteiger partial charge in [-0.25, -0.2) is 4.68 Å². The Labute approximate surface area is 158 Å². The predicted molar refractivity (Wildman–Crippen MR) is 98.7 cm³/mol. The monoisotopic (exact) mass is 387 g/mol. The van der Waals surface area contributed by atoms with Gasteiger partial charge in [0.1, 0.15) is 0 Å². The average Bonchev–Trinajstić information content (AvgIpc) is 2.63. The number of aromatic nitrogens is 2. The van der Waals surface area contributed by atoms with Gasteiger partial charge in [-0.3, -0.25) is 9.59 Å². The van der Waals surface area contributed by atoms with E-state index in [-0.39, 0.29) is 11.3 Å². The molecule has 1 heterocycles. The number of halogens is 3. The van der Waals surface area contributed by atoms with Crippen LogP contribution < -0.4 is 10.7 Å². The highest BCUT2D eigenvalue weighted by Crippen LogP contribution is 2.33. The van der Waals surface area contributed by atoms with Crippen LogP contribution in [0.1, 0.15) is 27.3 Å². The molecular formula is C20H16F3N3O2. The number of rotatable bonds is 3. The standard InChI is InChI=1S/C20H16F3N3O2/c1-12-8-9-14(11-16(12)20(21,22)23)24-19(28)18-17(27)10-13(2)26(25-18)15-6-4-3-5-7-15/h3-11H,1-2H3,(H,24,28).